The van der Waals surface area contributed by atoms with Crippen LogP contribution in [0, 0.1) is 0 Å². The highest BCUT2D eigenvalue weighted by Crippen LogP contribution is 2.18. The second kappa shape index (κ2) is 6.58. The molecule has 6 nitrogen and oxygen atoms in total. The number of carbonyl (C=O) groups excluding carboxylic acids is 1. The van der Waals surface area contributed by atoms with E-state index in [1.165, 1.54) is 19.6 Å². The number of amides is 1. The monoisotopic (exact) mass is 288 g/mol. The van der Waals surface area contributed by atoms with E-state index in [0.717, 1.165) is 0 Å². The first-order chi connectivity index (χ1) is 9.70. The largest absolute Gasteiger partial charge is 0.479 e. The maximum absolute atomic E-state index is 11.9. The molecule has 0 aliphatic carbocycles. The van der Waals surface area contributed by atoms with Gasteiger partial charge in [-0.1, -0.05) is 18.2 Å². The summed E-state index contributed by atoms with van der Waals surface area (Å²) in [4.78, 5) is 19.7. The van der Waals surface area contributed by atoms with E-state index in [1.807, 2.05) is 6.07 Å². The number of anilines is 1. The summed E-state index contributed by atoms with van der Waals surface area (Å²) >= 11 is 5.07. The molecule has 0 unspecified atom stereocenters. The molecule has 0 radical (unpaired) electrons. The summed E-state index contributed by atoms with van der Waals surface area (Å²) in [5, 5.41) is 5.52. The van der Waals surface area contributed by atoms with Gasteiger partial charge in [0.15, 0.2) is 5.11 Å². The van der Waals surface area contributed by atoms with Crippen molar-refractivity contribution in [3.05, 3.63) is 48.4 Å². The van der Waals surface area contributed by atoms with E-state index in [-0.39, 0.29) is 11.0 Å². The van der Waals surface area contributed by atoms with E-state index in [1.54, 1.807) is 24.3 Å². The van der Waals surface area contributed by atoms with Gasteiger partial charge in [-0.25, -0.2) is 4.98 Å². The Bertz CT molecular complexity index is 619. The van der Waals surface area contributed by atoms with Gasteiger partial charge < -0.3 is 10.1 Å². The molecule has 0 saturated heterocycles. The van der Waals surface area contributed by atoms with Gasteiger partial charge in [0.05, 0.1) is 13.3 Å². The van der Waals surface area contributed by atoms with Crippen molar-refractivity contribution in [3.63, 3.8) is 0 Å². The van der Waals surface area contributed by atoms with Gasteiger partial charge >= 0.3 is 0 Å². The average molecular weight is 288 g/mol. The molecule has 20 heavy (non-hydrogen) atoms. The van der Waals surface area contributed by atoms with E-state index in [9.17, 15) is 4.79 Å². The number of aromatic nitrogens is 2. The average Bonchev–Trinajstić information content (AvgIpc) is 2.48. The molecular weight excluding hydrogens is 276 g/mol. The molecular formula is C13H12N4O2S. The normalized spacial score (nSPS) is 9.65. The molecule has 2 rings (SSSR count). The minimum absolute atomic E-state index is 0.145. The van der Waals surface area contributed by atoms with E-state index >= 15 is 0 Å². The number of ether oxygens (including phenoxy) is 1. The molecule has 102 valence electrons. The third kappa shape index (κ3) is 3.48. The molecule has 2 N–H and O–H groups in total. The molecule has 1 amide bonds. The Morgan fingerprint density at radius 2 is 2.05 bits per heavy atom. The quantitative estimate of drug-likeness (QED) is 0.836. The van der Waals surface area contributed by atoms with Crippen LogP contribution in [0.4, 0.5) is 5.69 Å². The molecule has 2 aromatic rings. The van der Waals surface area contributed by atoms with E-state index in [2.05, 4.69) is 20.6 Å². The fourth-order valence-corrected chi connectivity index (χ4v) is 1.69. The summed E-state index contributed by atoms with van der Waals surface area (Å²) in [6.45, 7) is 0. The van der Waals surface area contributed by atoms with Crippen molar-refractivity contribution in [2.45, 2.75) is 0 Å². The summed E-state index contributed by atoms with van der Waals surface area (Å²) in [6, 6.07) is 8.78. The molecule has 1 aromatic carbocycles. The number of nitrogens with one attached hydrogen (secondary N) is 2. The Morgan fingerprint density at radius 3 is 2.75 bits per heavy atom. The Hall–Kier alpha value is -2.54. The second-order valence-corrected chi connectivity index (χ2v) is 4.13. The number of carbonyl (C=O) groups is 1. The first kappa shape index (κ1) is 13.9. The van der Waals surface area contributed by atoms with Crippen LogP contribution < -0.4 is 15.4 Å². The first-order valence-electron chi connectivity index (χ1n) is 5.72. The van der Waals surface area contributed by atoms with Crippen LogP contribution in [0.2, 0.25) is 0 Å². The summed E-state index contributed by atoms with van der Waals surface area (Å²) < 4.78 is 5.05. The third-order valence-corrected chi connectivity index (χ3v) is 2.58. The zero-order valence-electron chi connectivity index (χ0n) is 10.7. The summed E-state index contributed by atoms with van der Waals surface area (Å²) in [5.41, 5.74) is 1.00. The zero-order valence-corrected chi connectivity index (χ0v) is 11.5. The van der Waals surface area contributed by atoms with Gasteiger partial charge in [-0.3, -0.25) is 10.1 Å². The zero-order chi connectivity index (χ0) is 14.4. The number of hydrogen-bond acceptors (Lipinski definition) is 5. The van der Waals surface area contributed by atoms with Crippen LogP contribution in [0.25, 0.3) is 0 Å². The van der Waals surface area contributed by atoms with Crippen LogP contribution in [0.3, 0.4) is 0 Å². The molecule has 0 atom stereocenters. The van der Waals surface area contributed by atoms with Gasteiger partial charge in [-0.2, -0.15) is 4.98 Å². The minimum Gasteiger partial charge on any atom is -0.479 e. The van der Waals surface area contributed by atoms with Gasteiger partial charge in [-0.15, -0.1) is 0 Å². The number of nitrogens with zero attached hydrogens (tertiary/aromatic N) is 2. The molecule has 0 saturated carbocycles. The maximum atomic E-state index is 11.9. The van der Waals surface area contributed by atoms with Crippen molar-refractivity contribution in [1.29, 1.82) is 0 Å². The summed E-state index contributed by atoms with van der Waals surface area (Å²) in [5.74, 6) is 0.0511. The van der Waals surface area contributed by atoms with E-state index in [0.29, 0.717) is 17.1 Å². The maximum Gasteiger partial charge on any atom is 0.257 e. The number of thiocarbonyl (C=S) groups is 1. The van der Waals surface area contributed by atoms with Crippen LogP contribution in [-0.2, 0) is 0 Å². The Morgan fingerprint density at radius 1 is 1.30 bits per heavy atom. The highest BCUT2D eigenvalue weighted by atomic mass is 32.1. The van der Waals surface area contributed by atoms with Crippen molar-refractivity contribution >= 4 is 28.9 Å². The molecule has 7 heteroatoms. The van der Waals surface area contributed by atoms with Crippen LogP contribution in [0.1, 0.15) is 10.4 Å². The van der Waals surface area contributed by atoms with Gasteiger partial charge in [0, 0.05) is 5.56 Å². The van der Waals surface area contributed by atoms with E-state index < -0.39 is 0 Å². The van der Waals surface area contributed by atoms with Gasteiger partial charge in [0.25, 0.3) is 5.91 Å². The fraction of sp³-hybridized carbons (Fsp3) is 0.0769. The number of rotatable bonds is 3. The molecule has 0 fully saturated rings. The van der Waals surface area contributed by atoms with Gasteiger partial charge in [0.1, 0.15) is 12.0 Å². The van der Waals surface area contributed by atoms with Crippen molar-refractivity contribution < 1.29 is 9.53 Å². The standard InChI is InChI=1S/C13H12N4O2S/c1-19-12-10(7-14-8-15-12)16-13(20)17-11(18)9-5-3-2-4-6-9/h2-8H,1H3,(H2,16,17,18,20). The Balaban J connectivity index is 2.01. The molecule has 0 aliphatic rings. The topological polar surface area (TPSA) is 76.1 Å². The van der Waals surface area contributed by atoms with Crippen LogP contribution in [0.15, 0.2) is 42.9 Å². The number of hydrogen-bond donors (Lipinski definition) is 2. The number of methoxy groups -OCH3 is 1. The van der Waals surface area contributed by atoms with Crippen LogP contribution in [0.5, 0.6) is 5.88 Å². The van der Waals surface area contributed by atoms with Crippen LogP contribution >= 0.6 is 12.2 Å². The van der Waals surface area contributed by atoms with Gasteiger partial charge in [-0.05, 0) is 24.4 Å². The third-order valence-electron chi connectivity index (χ3n) is 2.38. The minimum atomic E-state index is -0.293. The molecule has 1 aromatic heterocycles. The predicted molar refractivity (Wildman–Crippen MR) is 78.7 cm³/mol. The fourth-order valence-electron chi connectivity index (χ4n) is 1.49. The van der Waals surface area contributed by atoms with Crippen molar-refractivity contribution in [2.24, 2.45) is 0 Å². The summed E-state index contributed by atoms with van der Waals surface area (Å²) in [6.07, 6.45) is 2.86. The first-order valence-corrected chi connectivity index (χ1v) is 6.13. The van der Waals surface area contributed by atoms with Crippen LogP contribution in [-0.4, -0.2) is 28.1 Å². The molecule has 1 heterocycles. The lowest BCUT2D eigenvalue weighted by Gasteiger charge is -2.11. The molecule has 0 bridgehead atoms. The molecule has 0 spiro atoms. The van der Waals surface area contributed by atoms with E-state index in [4.69, 9.17) is 17.0 Å². The van der Waals surface area contributed by atoms with Gasteiger partial charge in [0.2, 0.25) is 5.88 Å². The molecule has 0 aliphatic heterocycles. The smallest absolute Gasteiger partial charge is 0.257 e. The SMILES string of the molecule is COc1ncncc1NC(=S)NC(=O)c1ccccc1. The lowest BCUT2D eigenvalue weighted by Crippen LogP contribution is -2.34. The Labute approximate surface area is 121 Å². The highest BCUT2D eigenvalue weighted by Gasteiger charge is 2.10. The highest BCUT2D eigenvalue weighted by molar-refractivity contribution is 7.80. The summed E-state index contributed by atoms with van der Waals surface area (Å²) in [7, 11) is 1.49. The lowest BCUT2D eigenvalue weighted by molar-refractivity contribution is 0.0977. The second-order valence-electron chi connectivity index (χ2n) is 3.72. The van der Waals surface area contributed by atoms with Crippen molar-refractivity contribution in [2.75, 3.05) is 12.4 Å². The lowest BCUT2D eigenvalue weighted by atomic mass is 10.2. The number of benzene rings is 1. The van der Waals surface area contributed by atoms with Crippen molar-refractivity contribution in [3.8, 4) is 5.88 Å². The van der Waals surface area contributed by atoms with Crippen molar-refractivity contribution in [1.82, 2.24) is 15.3 Å². The predicted octanol–water partition coefficient (Wildman–Crippen LogP) is 1.61. The Kier molecular flexibility index (Phi) is 4.56.